The molecule has 2 saturated heterocycles. The molecule has 0 radical (unpaired) electrons. The van der Waals surface area contributed by atoms with Crippen LogP contribution in [0.1, 0.15) is 19.3 Å². The molecule has 1 amide bonds. The van der Waals surface area contributed by atoms with Crippen molar-refractivity contribution in [3.63, 3.8) is 0 Å². The molecule has 7 nitrogen and oxygen atoms in total. The van der Waals surface area contributed by atoms with Gasteiger partial charge in [-0.25, -0.2) is 0 Å². The number of nitrogens with one attached hydrogen (secondary N) is 1. The molecule has 2 aliphatic rings. The molecule has 7 heteroatoms. The molecular weight excluding hydrogens is 358 g/mol. The van der Waals surface area contributed by atoms with E-state index in [0.717, 1.165) is 45.6 Å². The van der Waals surface area contributed by atoms with Crippen molar-refractivity contribution in [2.45, 2.75) is 37.6 Å². The zero-order valence-electron chi connectivity index (χ0n) is 16.8. The largest absolute Gasteiger partial charge is 0.390 e. The fourth-order valence-corrected chi connectivity index (χ4v) is 3.89. The van der Waals surface area contributed by atoms with Crippen LogP contribution in [0.3, 0.4) is 0 Å². The first-order valence-corrected chi connectivity index (χ1v) is 10.3. The molecule has 0 aliphatic carbocycles. The first-order chi connectivity index (χ1) is 13.7. The molecule has 2 aliphatic heterocycles. The van der Waals surface area contributed by atoms with Crippen LogP contribution in [0.5, 0.6) is 0 Å². The molecule has 0 spiro atoms. The number of carbonyl (C=O) groups excluding carboxylic acids is 1. The van der Waals surface area contributed by atoms with Crippen molar-refractivity contribution in [3.8, 4) is 0 Å². The second kappa shape index (κ2) is 10.8. The van der Waals surface area contributed by atoms with Gasteiger partial charge in [0.1, 0.15) is 0 Å². The van der Waals surface area contributed by atoms with Crippen LogP contribution in [0.4, 0.5) is 5.69 Å². The topological polar surface area (TPSA) is 74.3 Å². The summed E-state index contributed by atoms with van der Waals surface area (Å²) in [4.78, 5) is 17.1. The Morgan fingerprint density at radius 2 is 1.96 bits per heavy atom. The van der Waals surface area contributed by atoms with E-state index in [-0.39, 0.29) is 12.0 Å². The van der Waals surface area contributed by atoms with E-state index in [2.05, 4.69) is 39.4 Å². The van der Waals surface area contributed by atoms with Crippen molar-refractivity contribution in [3.05, 3.63) is 30.3 Å². The quantitative estimate of drug-likeness (QED) is 0.641. The highest BCUT2D eigenvalue weighted by Crippen LogP contribution is 2.23. The van der Waals surface area contributed by atoms with Crippen molar-refractivity contribution in [1.29, 1.82) is 0 Å². The third-order valence-corrected chi connectivity index (χ3v) is 5.60. The van der Waals surface area contributed by atoms with Crippen molar-refractivity contribution in [1.82, 2.24) is 10.2 Å². The Kier molecular flexibility index (Phi) is 8.09. The first kappa shape index (κ1) is 21.0. The Labute approximate surface area is 167 Å². The number of hydrogen-bond acceptors (Lipinski definition) is 6. The van der Waals surface area contributed by atoms with Gasteiger partial charge in [-0.05, 0) is 31.4 Å². The smallest absolute Gasteiger partial charge is 0.251 e. The average molecular weight is 392 g/mol. The number of piperazine rings is 1. The highest BCUT2D eigenvalue weighted by molar-refractivity contribution is 5.81. The lowest BCUT2D eigenvalue weighted by molar-refractivity contribution is -0.158. The Bertz CT molecular complexity index is 593. The number of carbonyl (C=O) groups is 1. The van der Waals surface area contributed by atoms with Crippen molar-refractivity contribution < 1.29 is 19.4 Å². The Morgan fingerprint density at radius 3 is 2.68 bits per heavy atom. The molecule has 0 unspecified atom stereocenters. The predicted octanol–water partition coefficient (Wildman–Crippen LogP) is 0.870. The van der Waals surface area contributed by atoms with Gasteiger partial charge >= 0.3 is 0 Å². The van der Waals surface area contributed by atoms with Gasteiger partial charge in [-0.15, -0.1) is 0 Å². The van der Waals surface area contributed by atoms with Gasteiger partial charge < -0.3 is 24.8 Å². The van der Waals surface area contributed by atoms with E-state index >= 15 is 0 Å². The van der Waals surface area contributed by atoms with E-state index in [1.807, 2.05) is 6.07 Å². The van der Waals surface area contributed by atoms with Crippen molar-refractivity contribution in [2.24, 2.45) is 0 Å². The molecule has 0 bridgehead atoms. The molecule has 0 saturated carbocycles. The number of hydrogen-bond donors (Lipinski definition) is 2. The van der Waals surface area contributed by atoms with E-state index in [1.165, 1.54) is 5.69 Å². The molecule has 1 aromatic rings. The average Bonchev–Trinajstić information content (AvgIpc) is 2.74. The van der Waals surface area contributed by atoms with Crippen molar-refractivity contribution >= 4 is 11.6 Å². The Hall–Kier alpha value is -1.67. The van der Waals surface area contributed by atoms with Crippen LogP contribution in [-0.4, -0.2) is 87.2 Å². The second-order valence-corrected chi connectivity index (χ2v) is 7.56. The lowest BCUT2D eigenvalue weighted by atomic mass is 9.98. The minimum Gasteiger partial charge on any atom is -0.390 e. The number of nitrogens with zero attached hydrogens (tertiary/aromatic N) is 2. The molecule has 156 valence electrons. The number of ether oxygens (including phenoxy) is 2. The fraction of sp³-hybridized carbons (Fsp3) is 0.667. The highest BCUT2D eigenvalue weighted by atomic mass is 16.5. The van der Waals surface area contributed by atoms with Crippen LogP contribution in [0, 0.1) is 0 Å². The molecule has 0 aromatic heterocycles. The van der Waals surface area contributed by atoms with Crippen molar-refractivity contribution in [2.75, 3.05) is 57.9 Å². The SMILES string of the molecule is COCCNC(=O)[C@H]1O[C@H](CCN2CCN(c3ccccc3)CC2)CC[C@@H]1O. The summed E-state index contributed by atoms with van der Waals surface area (Å²) in [5, 5.41) is 12.9. The summed E-state index contributed by atoms with van der Waals surface area (Å²) < 4.78 is 10.9. The number of para-hydroxylation sites is 1. The molecule has 28 heavy (non-hydrogen) atoms. The molecule has 2 heterocycles. The summed E-state index contributed by atoms with van der Waals surface area (Å²) in [5.41, 5.74) is 1.29. The number of benzene rings is 1. The number of amides is 1. The first-order valence-electron chi connectivity index (χ1n) is 10.3. The summed E-state index contributed by atoms with van der Waals surface area (Å²) in [7, 11) is 1.59. The lowest BCUT2D eigenvalue weighted by Gasteiger charge is -2.38. The number of aliphatic hydroxyl groups is 1. The van der Waals surface area contributed by atoms with Crippen LogP contribution in [0.2, 0.25) is 0 Å². The molecule has 2 fully saturated rings. The van der Waals surface area contributed by atoms with Crippen LogP contribution in [0.15, 0.2) is 30.3 Å². The number of methoxy groups -OCH3 is 1. The fourth-order valence-electron chi connectivity index (χ4n) is 3.89. The third kappa shape index (κ3) is 5.91. The van der Waals surface area contributed by atoms with Crippen LogP contribution in [0.25, 0.3) is 0 Å². The molecular formula is C21H33N3O4. The van der Waals surface area contributed by atoms with Gasteiger partial charge in [0.05, 0.1) is 18.8 Å². The number of aliphatic hydroxyl groups excluding tert-OH is 1. The monoisotopic (exact) mass is 391 g/mol. The standard InChI is InChI=1S/C21H33N3O4/c1-27-16-10-22-21(26)20-19(25)8-7-18(28-20)9-11-23-12-14-24(15-13-23)17-5-3-2-4-6-17/h2-6,18-20,25H,7-16H2,1H3,(H,22,26)/t18-,19-,20-/m0/s1. The predicted molar refractivity (Wildman–Crippen MR) is 108 cm³/mol. The summed E-state index contributed by atoms with van der Waals surface area (Å²) in [6, 6.07) is 10.5. The summed E-state index contributed by atoms with van der Waals surface area (Å²) in [6.45, 7) is 5.96. The normalized spacial score (nSPS) is 26.2. The minimum atomic E-state index is -0.773. The molecule has 3 rings (SSSR count). The lowest BCUT2D eigenvalue weighted by Crippen LogP contribution is -2.50. The van der Waals surface area contributed by atoms with Gasteiger partial charge in [0.2, 0.25) is 0 Å². The maximum absolute atomic E-state index is 12.2. The second-order valence-electron chi connectivity index (χ2n) is 7.56. The summed E-state index contributed by atoms with van der Waals surface area (Å²) in [5.74, 6) is -0.245. The van der Waals surface area contributed by atoms with Gasteiger partial charge in [0.15, 0.2) is 6.10 Å². The molecule has 1 aromatic carbocycles. The zero-order valence-corrected chi connectivity index (χ0v) is 16.8. The van der Waals surface area contributed by atoms with E-state index in [0.29, 0.717) is 19.6 Å². The number of rotatable bonds is 8. The molecule has 3 atom stereocenters. The van der Waals surface area contributed by atoms with E-state index in [9.17, 15) is 9.90 Å². The Morgan fingerprint density at radius 1 is 1.21 bits per heavy atom. The van der Waals surface area contributed by atoms with Gasteiger partial charge in [-0.1, -0.05) is 18.2 Å². The van der Waals surface area contributed by atoms with Gasteiger partial charge in [-0.3, -0.25) is 9.69 Å². The van der Waals surface area contributed by atoms with Gasteiger partial charge in [0.25, 0.3) is 5.91 Å². The summed E-state index contributed by atoms with van der Waals surface area (Å²) >= 11 is 0. The van der Waals surface area contributed by atoms with E-state index in [1.54, 1.807) is 7.11 Å². The Balaban J connectivity index is 1.39. The van der Waals surface area contributed by atoms with Gasteiger partial charge in [0, 0.05) is 52.1 Å². The van der Waals surface area contributed by atoms with Crippen LogP contribution < -0.4 is 10.2 Å². The van der Waals surface area contributed by atoms with E-state index in [4.69, 9.17) is 9.47 Å². The maximum atomic E-state index is 12.2. The zero-order chi connectivity index (χ0) is 19.8. The number of anilines is 1. The van der Waals surface area contributed by atoms with Gasteiger partial charge in [-0.2, -0.15) is 0 Å². The highest BCUT2D eigenvalue weighted by Gasteiger charge is 2.35. The van der Waals surface area contributed by atoms with Crippen LogP contribution in [-0.2, 0) is 14.3 Å². The third-order valence-electron chi connectivity index (χ3n) is 5.60. The van der Waals surface area contributed by atoms with Crippen LogP contribution >= 0.6 is 0 Å². The summed E-state index contributed by atoms with van der Waals surface area (Å²) in [6.07, 6.45) is 0.814. The molecule has 2 N–H and O–H groups in total. The maximum Gasteiger partial charge on any atom is 0.251 e. The van der Waals surface area contributed by atoms with E-state index < -0.39 is 12.2 Å². The minimum absolute atomic E-state index is 0.0220.